The van der Waals surface area contributed by atoms with Gasteiger partial charge in [-0.3, -0.25) is 9.59 Å². The molecule has 0 aliphatic rings. The van der Waals surface area contributed by atoms with Gasteiger partial charge in [-0.2, -0.15) is 0 Å². The first kappa shape index (κ1) is 17.2. The highest BCUT2D eigenvalue weighted by Crippen LogP contribution is 2.28. The first-order valence-electron chi connectivity index (χ1n) is 6.99. The summed E-state index contributed by atoms with van der Waals surface area (Å²) in [6, 6.07) is 3.73. The standard InChI is InChI=1S/C15H18N2O5S/c1-20-8-7-17(6-5-12(18)21-2)15(19)13-14(22-10-16-13)11-4-3-9-23-11/h3-4,9-10H,5-8H2,1-2H3. The van der Waals surface area contributed by atoms with E-state index in [1.807, 2.05) is 17.5 Å². The maximum atomic E-state index is 12.7. The number of hydrogen-bond acceptors (Lipinski definition) is 7. The molecule has 0 aromatic carbocycles. The van der Waals surface area contributed by atoms with Crippen molar-refractivity contribution in [2.24, 2.45) is 0 Å². The van der Waals surface area contributed by atoms with Crippen LogP contribution in [0.15, 0.2) is 28.3 Å². The van der Waals surface area contributed by atoms with E-state index >= 15 is 0 Å². The third-order valence-electron chi connectivity index (χ3n) is 3.18. The lowest BCUT2D eigenvalue weighted by Crippen LogP contribution is -2.36. The molecule has 2 aromatic rings. The first-order valence-corrected chi connectivity index (χ1v) is 7.87. The monoisotopic (exact) mass is 338 g/mol. The predicted molar refractivity (Wildman–Crippen MR) is 84.2 cm³/mol. The van der Waals surface area contributed by atoms with Gasteiger partial charge < -0.3 is 18.8 Å². The van der Waals surface area contributed by atoms with Gasteiger partial charge in [-0.25, -0.2) is 4.98 Å². The van der Waals surface area contributed by atoms with Crippen LogP contribution >= 0.6 is 11.3 Å². The highest BCUT2D eigenvalue weighted by atomic mass is 32.1. The summed E-state index contributed by atoms with van der Waals surface area (Å²) in [6.45, 7) is 0.938. The normalized spacial score (nSPS) is 10.5. The van der Waals surface area contributed by atoms with Crippen LogP contribution in [0.5, 0.6) is 0 Å². The van der Waals surface area contributed by atoms with Crippen molar-refractivity contribution in [3.63, 3.8) is 0 Å². The number of ether oxygens (including phenoxy) is 2. The Hall–Kier alpha value is -2.19. The number of nitrogens with zero attached hydrogens (tertiary/aromatic N) is 2. The van der Waals surface area contributed by atoms with E-state index in [0.29, 0.717) is 18.9 Å². The fourth-order valence-electron chi connectivity index (χ4n) is 1.98. The summed E-state index contributed by atoms with van der Waals surface area (Å²) < 4.78 is 15.0. The fraction of sp³-hybridized carbons (Fsp3) is 0.400. The third-order valence-corrected chi connectivity index (χ3v) is 4.05. The van der Waals surface area contributed by atoms with Crippen LogP contribution in [0.3, 0.4) is 0 Å². The smallest absolute Gasteiger partial charge is 0.307 e. The molecule has 0 aliphatic carbocycles. The average Bonchev–Trinajstić information content (AvgIpc) is 3.24. The van der Waals surface area contributed by atoms with E-state index in [9.17, 15) is 9.59 Å². The number of hydrogen-bond donors (Lipinski definition) is 0. The Bertz CT molecular complexity index is 638. The second kappa shape index (κ2) is 8.44. The molecule has 2 rings (SSSR count). The van der Waals surface area contributed by atoms with Gasteiger partial charge in [-0.15, -0.1) is 11.3 Å². The topological polar surface area (TPSA) is 81.9 Å². The maximum Gasteiger partial charge on any atom is 0.307 e. The molecule has 0 N–H and O–H groups in total. The molecule has 0 spiro atoms. The van der Waals surface area contributed by atoms with Gasteiger partial charge in [0.1, 0.15) is 0 Å². The minimum atomic E-state index is -0.376. The van der Waals surface area contributed by atoms with Gasteiger partial charge in [0.2, 0.25) is 0 Å². The van der Waals surface area contributed by atoms with Crippen molar-refractivity contribution in [1.29, 1.82) is 0 Å². The number of thiophene rings is 1. The number of rotatable bonds is 8. The Morgan fingerprint density at radius 3 is 2.83 bits per heavy atom. The summed E-state index contributed by atoms with van der Waals surface area (Å²) in [5.41, 5.74) is 0.230. The third kappa shape index (κ3) is 4.40. The fourth-order valence-corrected chi connectivity index (χ4v) is 2.69. The van der Waals surface area contributed by atoms with Gasteiger partial charge in [-0.1, -0.05) is 6.07 Å². The number of methoxy groups -OCH3 is 2. The number of carbonyl (C=O) groups excluding carboxylic acids is 2. The van der Waals surface area contributed by atoms with E-state index in [-0.39, 0.29) is 30.5 Å². The van der Waals surface area contributed by atoms with Gasteiger partial charge in [0.05, 0.1) is 25.0 Å². The Labute approximate surface area is 137 Å². The number of aromatic nitrogens is 1. The molecule has 7 nitrogen and oxygen atoms in total. The Kier molecular flexibility index (Phi) is 6.30. The molecule has 0 radical (unpaired) electrons. The molecule has 2 aromatic heterocycles. The molecule has 1 amide bonds. The van der Waals surface area contributed by atoms with Crippen molar-refractivity contribution in [3.8, 4) is 10.6 Å². The summed E-state index contributed by atoms with van der Waals surface area (Å²) in [5.74, 6) is -0.243. The second-order valence-electron chi connectivity index (χ2n) is 4.62. The second-order valence-corrected chi connectivity index (χ2v) is 5.57. The quantitative estimate of drug-likeness (QED) is 0.685. The average molecular weight is 338 g/mol. The van der Waals surface area contributed by atoms with Crippen LogP contribution in [0.2, 0.25) is 0 Å². The molecule has 2 heterocycles. The number of esters is 1. The highest BCUT2D eigenvalue weighted by molar-refractivity contribution is 7.13. The van der Waals surface area contributed by atoms with Crippen molar-refractivity contribution < 1.29 is 23.5 Å². The summed E-state index contributed by atoms with van der Waals surface area (Å²) >= 11 is 1.46. The lowest BCUT2D eigenvalue weighted by Gasteiger charge is -2.21. The van der Waals surface area contributed by atoms with Gasteiger partial charge >= 0.3 is 5.97 Å². The molecule has 0 atom stereocenters. The van der Waals surface area contributed by atoms with Crippen molar-refractivity contribution in [1.82, 2.24) is 9.88 Å². The van der Waals surface area contributed by atoms with E-state index in [2.05, 4.69) is 9.72 Å². The Morgan fingerprint density at radius 1 is 1.35 bits per heavy atom. The minimum Gasteiger partial charge on any atom is -0.469 e. The zero-order valence-corrected chi connectivity index (χ0v) is 13.8. The number of amides is 1. The largest absolute Gasteiger partial charge is 0.469 e. The van der Waals surface area contributed by atoms with Gasteiger partial charge in [0.25, 0.3) is 5.91 Å². The SMILES string of the molecule is COCCN(CCC(=O)OC)C(=O)c1ncoc1-c1cccs1. The van der Waals surface area contributed by atoms with Gasteiger partial charge in [-0.05, 0) is 11.4 Å². The summed E-state index contributed by atoms with van der Waals surface area (Å²) in [4.78, 5) is 30.4. The Morgan fingerprint density at radius 2 is 2.17 bits per heavy atom. The van der Waals surface area contributed by atoms with Crippen molar-refractivity contribution in [2.75, 3.05) is 33.9 Å². The van der Waals surface area contributed by atoms with Crippen molar-refractivity contribution >= 4 is 23.2 Å². The summed E-state index contributed by atoms with van der Waals surface area (Å²) in [6.07, 6.45) is 1.36. The minimum absolute atomic E-state index is 0.109. The first-order chi connectivity index (χ1) is 11.2. The van der Waals surface area contributed by atoms with Crippen LogP contribution in [0.25, 0.3) is 10.6 Å². The molecule has 0 saturated heterocycles. The van der Waals surface area contributed by atoms with Gasteiger partial charge in [0.15, 0.2) is 17.8 Å². The van der Waals surface area contributed by atoms with Crippen LogP contribution in [0.1, 0.15) is 16.9 Å². The molecule has 0 fully saturated rings. The highest BCUT2D eigenvalue weighted by Gasteiger charge is 2.24. The lowest BCUT2D eigenvalue weighted by atomic mass is 10.2. The molecule has 0 unspecified atom stereocenters. The van der Waals surface area contributed by atoms with E-state index in [1.165, 1.54) is 29.7 Å². The van der Waals surface area contributed by atoms with Crippen LogP contribution < -0.4 is 0 Å². The zero-order valence-electron chi connectivity index (χ0n) is 13.0. The molecule has 0 saturated carbocycles. The van der Waals surface area contributed by atoms with E-state index in [4.69, 9.17) is 9.15 Å². The van der Waals surface area contributed by atoms with Crippen LogP contribution in [-0.2, 0) is 14.3 Å². The molecule has 124 valence electrons. The molecule has 8 heteroatoms. The molecule has 0 aliphatic heterocycles. The lowest BCUT2D eigenvalue weighted by molar-refractivity contribution is -0.140. The van der Waals surface area contributed by atoms with Crippen LogP contribution in [0, 0.1) is 0 Å². The maximum absolute atomic E-state index is 12.7. The van der Waals surface area contributed by atoms with E-state index in [1.54, 1.807) is 7.11 Å². The molecular weight excluding hydrogens is 320 g/mol. The van der Waals surface area contributed by atoms with E-state index < -0.39 is 0 Å². The molecular formula is C15H18N2O5S. The van der Waals surface area contributed by atoms with Crippen LogP contribution in [0.4, 0.5) is 0 Å². The number of carbonyl (C=O) groups is 2. The summed E-state index contributed by atoms with van der Waals surface area (Å²) in [7, 11) is 2.87. The Balaban J connectivity index is 2.16. The predicted octanol–water partition coefficient (Wildman–Crippen LogP) is 2.05. The number of oxazole rings is 1. The van der Waals surface area contributed by atoms with E-state index in [0.717, 1.165) is 4.88 Å². The zero-order chi connectivity index (χ0) is 16.7. The molecule has 0 bridgehead atoms. The molecule has 23 heavy (non-hydrogen) atoms. The summed E-state index contributed by atoms with van der Waals surface area (Å²) in [5, 5.41) is 1.89. The van der Waals surface area contributed by atoms with Crippen molar-refractivity contribution in [2.45, 2.75) is 6.42 Å². The van der Waals surface area contributed by atoms with Gasteiger partial charge in [0, 0.05) is 20.2 Å². The van der Waals surface area contributed by atoms with Crippen molar-refractivity contribution in [3.05, 3.63) is 29.6 Å². The van der Waals surface area contributed by atoms with Crippen LogP contribution in [-0.4, -0.2) is 55.7 Å².